The first kappa shape index (κ1) is 16.2. The van der Waals surface area contributed by atoms with Crippen LogP contribution in [0, 0.1) is 5.82 Å². The van der Waals surface area contributed by atoms with Crippen LogP contribution in [-0.2, 0) is 16.8 Å². The Hall–Kier alpha value is -2.16. The zero-order valence-electron chi connectivity index (χ0n) is 13.1. The van der Waals surface area contributed by atoms with Gasteiger partial charge in [-0.15, -0.1) is 0 Å². The average molecular weight is 299 g/mol. The normalized spacial score (nSPS) is 13.4. The standard InChI is InChI=1S/C19H22FNO/c1-3-19(2,16-9-5-4-6-10-16)21-18(22)13-12-15-8-7-11-17(20)14-15/h4-11,14H,3,12-13H2,1-2H3,(H,21,22). The lowest BCUT2D eigenvalue weighted by Gasteiger charge is -2.30. The van der Waals surface area contributed by atoms with E-state index in [2.05, 4.69) is 12.2 Å². The van der Waals surface area contributed by atoms with Crippen LogP contribution < -0.4 is 5.32 Å². The summed E-state index contributed by atoms with van der Waals surface area (Å²) in [6, 6.07) is 16.4. The summed E-state index contributed by atoms with van der Waals surface area (Å²) in [6.45, 7) is 4.09. The molecule has 3 heteroatoms. The third-order valence-electron chi connectivity index (χ3n) is 4.06. The third-order valence-corrected chi connectivity index (χ3v) is 4.06. The fraction of sp³-hybridized carbons (Fsp3) is 0.316. The van der Waals surface area contributed by atoms with Crippen molar-refractivity contribution in [1.29, 1.82) is 0 Å². The van der Waals surface area contributed by atoms with Crippen molar-refractivity contribution in [2.24, 2.45) is 0 Å². The summed E-state index contributed by atoms with van der Waals surface area (Å²) in [7, 11) is 0. The number of aryl methyl sites for hydroxylation is 1. The topological polar surface area (TPSA) is 29.1 Å². The molecule has 2 aromatic rings. The average Bonchev–Trinajstić information content (AvgIpc) is 2.54. The summed E-state index contributed by atoms with van der Waals surface area (Å²) in [5.74, 6) is -0.280. The summed E-state index contributed by atoms with van der Waals surface area (Å²) >= 11 is 0. The van der Waals surface area contributed by atoms with Crippen molar-refractivity contribution in [3.8, 4) is 0 Å². The van der Waals surface area contributed by atoms with Gasteiger partial charge >= 0.3 is 0 Å². The first-order valence-electron chi connectivity index (χ1n) is 7.64. The van der Waals surface area contributed by atoms with Crippen LogP contribution in [-0.4, -0.2) is 5.91 Å². The predicted octanol–water partition coefficient (Wildman–Crippen LogP) is 4.20. The molecular formula is C19H22FNO. The first-order valence-corrected chi connectivity index (χ1v) is 7.64. The van der Waals surface area contributed by atoms with Crippen LogP contribution in [0.5, 0.6) is 0 Å². The molecule has 1 N–H and O–H groups in total. The Morgan fingerprint density at radius 3 is 2.50 bits per heavy atom. The van der Waals surface area contributed by atoms with Gasteiger partial charge in [-0.2, -0.15) is 0 Å². The van der Waals surface area contributed by atoms with Crippen LogP contribution in [0.15, 0.2) is 54.6 Å². The predicted molar refractivity (Wildman–Crippen MR) is 86.9 cm³/mol. The van der Waals surface area contributed by atoms with Crippen LogP contribution in [0.25, 0.3) is 0 Å². The van der Waals surface area contributed by atoms with Gasteiger partial charge in [-0.3, -0.25) is 4.79 Å². The van der Waals surface area contributed by atoms with E-state index in [4.69, 9.17) is 0 Å². The molecule has 0 saturated carbocycles. The number of hydrogen-bond donors (Lipinski definition) is 1. The number of amides is 1. The Bertz CT molecular complexity index is 626. The Labute approximate surface area is 131 Å². The molecule has 0 bridgehead atoms. The number of hydrogen-bond acceptors (Lipinski definition) is 1. The van der Waals surface area contributed by atoms with Crippen LogP contribution in [0.2, 0.25) is 0 Å². The minimum absolute atomic E-state index is 0.0162. The number of carbonyl (C=O) groups excluding carboxylic acids is 1. The minimum Gasteiger partial charge on any atom is -0.347 e. The third kappa shape index (κ3) is 4.17. The van der Waals surface area contributed by atoms with Gasteiger partial charge in [0.2, 0.25) is 5.91 Å². The van der Waals surface area contributed by atoms with Crippen molar-refractivity contribution in [3.63, 3.8) is 0 Å². The minimum atomic E-state index is -0.375. The summed E-state index contributed by atoms with van der Waals surface area (Å²) < 4.78 is 13.1. The van der Waals surface area contributed by atoms with E-state index in [0.29, 0.717) is 12.8 Å². The molecule has 0 aliphatic rings. The number of rotatable bonds is 6. The summed E-state index contributed by atoms with van der Waals surface area (Å²) in [6.07, 6.45) is 1.70. The van der Waals surface area contributed by atoms with Crippen molar-refractivity contribution in [3.05, 3.63) is 71.5 Å². The number of nitrogens with one attached hydrogen (secondary N) is 1. The van der Waals surface area contributed by atoms with E-state index in [1.165, 1.54) is 12.1 Å². The zero-order valence-corrected chi connectivity index (χ0v) is 13.1. The number of halogens is 1. The molecule has 1 atom stereocenters. The molecule has 2 nitrogen and oxygen atoms in total. The smallest absolute Gasteiger partial charge is 0.221 e. The molecule has 0 fully saturated rings. The van der Waals surface area contributed by atoms with Gasteiger partial charge in [0.15, 0.2) is 0 Å². The largest absolute Gasteiger partial charge is 0.347 e. The zero-order chi connectivity index (χ0) is 16.0. The van der Waals surface area contributed by atoms with Crippen LogP contribution in [0.3, 0.4) is 0 Å². The lowest BCUT2D eigenvalue weighted by molar-refractivity contribution is -0.123. The molecule has 0 aromatic heterocycles. The summed E-state index contributed by atoms with van der Waals surface area (Å²) in [5.41, 5.74) is 1.56. The van der Waals surface area contributed by atoms with E-state index in [1.54, 1.807) is 6.07 Å². The molecule has 0 aliphatic carbocycles. The lowest BCUT2D eigenvalue weighted by atomic mass is 9.89. The van der Waals surface area contributed by atoms with E-state index in [0.717, 1.165) is 17.5 Å². The van der Waals surface area contributed by atoms with Gasteiger partial charge in [0.1, 0.15) is 5.82 Å². The van der Waals surface area contributed by atoms with Gasteiger partial charge in [0.05, 0.1) is 5.54 Å². The van der Waals surface area contributed by atoms with Crippen molar-refractivity contribution in [1.82, 2.24) is 5.32 Å². The van der Waals surface area contributed by atoms with Crippen LogP contribution in [0.4, 0.5) is 4.39 Å². The SMILES string of the molecule is CCC(C)(NC(=O)CCc1cccc(F)c1)c1ccccc1. The van der Waals surface area contributed by atoms with Crippen molar-refractivity contribution in [2.45, 2.75) is 38.6 Å². The molecule has 0 radical (unpaired) electrons. The van der Waals surface area contributed by atoms with Crippen molar-refractivity contribution < 1.29 is 9.18 Å². The molecule has 2 rings (SSSR count). The highest BCUT2D eigenvalue weighted by molar-refractivity contribution is 5.77. The summed E-state index contributed by atoms with van der Waals surface area (Å²) in [4.78, 5) is 12.2. The van der Waals surface area contributed by atoms with Gasteiger partial charge < -0.3 is 5.32 Å². The summed E-state index contributed by atoms with van der Waals surface area (Å²) in [5, 5.41) is 3.11. The Morgan fingerprint density at radius 2 is 1.86 bits per heavy atom. The molecule has 0 heterocycles. The van der Waals surface area contributed by atoms with E-state index in [1.807, 2.05) is 43.3 Å². The first-order chi connectivity index (χ1) is 10.5. The molecule has 1 unspecified atom stereocenters. The Balaban J connectivity index is 1.98. The number of carbonyl (C=O) groups is 1. The lowest BCUT2D eigenvalue weighted by Crippen LogP contribution is -2.43. The van der Waals surface area contributed by atoms with E-state index < -0.39 is 0 Å². The number of benzene rings is 2. The molecule has 22 heavy (non-hydrogen) atoms. The van der Waals surface area contributed by atoms with Crippen LogP contribution in [0.1, 0.15) is 37.8 Å². The maximum atomic E-state index is 13.1. The quantitative estimate of drug-likeness (QED) is 0.851. The highest BCUT2D eigenvalue weighted by atomic mass is 19.1. The molecule has 1 amide bonds. The highest BCUT2D eigenvalue weighted by Gasteiger charge is 2.25. The molecule has 116 valence electrons. The molecular weight excluding hydrogens is 277 g/mol. The van der Waals surface area contributed by atoms with Crippen molar-refractivity contribution >= 4 is 5.91 Å². The monoisotopic (exact) mass is 299 g/mol. The second-order valence-corrected chi connectivity index (χ2v) is 5.73. The van der Waals surface area contributed by atoms with E-state index in [-0.39, 0.29) is 17.3 Å². The van der Waals surface area contributed by atoms with Gasteiger partial charge in [0, 0.05) is 6.42 Å². The van der Waals surface area contributed by atoms with Gasteiger partial charge in [0.25, 0.3) is 0 Å². The fourth-order valence-electron chi connectivity index (χ4n) is 2.49. The Morgan fingerprint density at radius 1 is 1.14 bits per heavy atom. The van der Waals surface area contributed by atoms with Crippen molar-refractivity contribution in [2.75, 3.05) is 0 Å². The molecule has 2 aromatic carbocycles. The second kappa shape index (κ2) is 7.21. The van der Waals surface area contributed by atoms with E-state index in [9.17, 15) is 9.18 Å². The van der Waals surface area contributed by atoms with E-state index >= 15 is 0 Å². The van der Waals surface area contributed by atoms with Crippen LogP contribution >= 0.6 is 0 Å². The molecule has 0 aliphatic heterocycles. The Kier molecular flexibility index (Phi) is 5.31. The van der Waals surface area contributed by atoms with Gasteiger partial charge in [-0.25, -0.2) is 4.39 Å². The maximum absolute atomic E-state index is 13.1. The highest BCUT2D eigenvalue weighted by Crippen LogP contribution is 2.24. The fourth-order valence-corrected chi connectivity index (χ4v) is 2.49. The molecule has 0 saturated heterocycles. The van der Waals surface area contributed by atoms with Gasteiger partial charge in [-0.1, -0.05) is 49.4 Å². The second-order valence-electron chi connectivity index (χ2n) is 5.73. The molecule has 0 spiro atoms. The maximum Gasteiger partial charge on any atom is 0.221 e. The van der Waals surface area contributed by atoms with Gasteiger partial charge in [-0.05, 0) is 43.0 Å².